The number of fused-ring (bicyclic) bond motifs is 1. The molecule has 0 aliphatic carbocycles. The molecular formula is C17H18O5. The normalized spacial score (nSPS) is 16.5. The van der Waals surface area contributed by atoms with Crippen LogP contribution in [-0.4, -0.2) is 24.4 Å². The summed E-state index contributed by atoms with van der Waals surface area (Å²) in [5.41, 5.74) is 1.70. The van der Waals surface area contributed by atoms with Gasteiger partial charge in [0, 0.05) is 17.7 Å². The van der Waals surface area contributed by atoms with Crippen molar-refractivity contribution in [3.63, 3.8) is 0 Å². The maximum absolute atomic E-state index is 9.87. The zero-order valence-electron chi connectivity index (χ0n) is 12.5. The summed E-state index contributed by atoms with van der Waals surface area (Å²) in [5.74, 6) is 1.89. The van der Waals surface area contributed by atoms with Gasteiger partial charge in [0.2, 0.25) is 0 Å². The maximum Gasteiger partial charge on any atom is 0.161 e. The molecule has 0 unspecified atom stereocenters. The molecule has 5 nitrogen and oxygen atoms in total. The third kappa shape index (κ3) is 2.50. The van der Waals surface area contributed by atoms with Crippen LogP contribution >= 0.6 is 0 Å². The number of methoxy groups -OCH3 is 2. The van der Waals surface area contributed by atoms with Crippen molar-refractivity contribution in [3.8, 4) is 28.7 Å². The monoisotopic (exact) mass is 302 g/mol. The van der Waals surface area contributed by atoms with Gasteiger partial charge in [0.15, 0.2) is 11.5 Å². The van der Waals surface area contributed by atoms with Crippen molar-refractivity contribution in [2.75, 3.05) is 14.2 Å². The van der Waals surface area contributed by atoms with Gasteiger partial charge in [-0.25, -0.2) is 0 Å². The molecule has 0 saturated carbocycles. The predicted octanol–water partition coefficient (Wildman–Crippen LogP) is 3.18. The Kier molecular flexibility index (Phi) is 3.71. The quantitative estimate of drug-likeness (QED) is 0.911. The molecule has 3 rings (SSSR count). The number of benzene rings is 2. The minimum Gasteiger partial charge on any atom is -0.508 e. The van der Waals surface area contributed by atoms with E-state index in [0.717, 1.165) is 17.5 Å². The van der Waals surface area contributed by atoms with Crippen molar-refractivity contribution in [1.29, 1.82) is 0 Å². The van der Waals surface area contributed by atoms with Crippen molar-refractivity contribution in [2.24, 2.45) is 0 Å². The van der Waals surface area contributed by atoms with E-state index in [1.807, 2.05) is 18.2 Å². The first-order valence-corrected chi connectivity index (χ1v) is 7.05. The van der Waals surface area contributed by atoms with E-state index in [1.54, 1.807) is 14.2 Å². The molecule has 1 heterocycles. The number of rotatable bonds is 3. The molecule has 22 heavy (non-hydrogen) atoms. The van der Waals surface area contributed by atoms with Crippen molar-refractivity contribution >= 4 is 0 Å². The van der Waals surface area contributed by atoms with E-state index in [-0.39, 0.29) is 17.6 Å². The molecule has 0 radical (unpaired) electrons. The molecule has 0 fully saturated rings. The molecule has 2 aromatic rings. The van der Waals surface area contributed by atoms with Crippen LogP contribution < -0.4 is 14.2 Å². The summed E-state index contributed by atoms with van der Waals surface area (Å²) in [6, 6.07) is 8.52. The van der Waals surface area contributed by atoms with Crippen LogP contribution in [0.4, 0.5) is 0 Å². The summed E-state index contributed by atoms with van der Waals surface area (Å²) in [4.78, 5) is 0. The molecule has 0 aromatic heterocycles. The first-order valence-electron chi connectivity index (χ1n) is 7.05. The first-order chi connectivity index (χ1) is 10.6. The molecule has 1 atom stereocenters. The SMILES string of the molecule is COc1ccc([C@@H]2CCc3c(O)cc(O)cc3O2)cc1OC. The summed E-state index contributed by atoms with van der Waals surface area (Å²) in [5, 5.41) is 19.5. The van der Waals surface area contributed by atoms with Gasteiger partial charge in [-0.3, -0.25) is 0 Å². The topological polar surface area (TPSA) is 68.2 Å². The average Bonchev–Trinajstić information content (AvgIpc) is 2.53. The highest BCUT2D eigenvalue weighted by molar-refractivity contribution is 5.51. The largest absolute Gasteiger partial charge is 0.508 e. The second-order valence-electron chi connectivity index (χ2n) is 5.20. The number of hydrogen-bond acceptors (Lipinski definition) is 5. The smallest absolute Gasteiger partial charge is 0.161 e. The van der Waals surface area contributed by atoms with Gasteiger partial charge in [-0.1, -0.05) is 6.07 Å². The van der Waals surface area contributed by atoms with E-state index in [0.29, 0.717) is 23.7 Å². The van der Waals surface area contributed by atoms with Crippen LogP contribution in [0.15, 0.2) is 30.3 Å². The van der Waals surface area contributed by atoms with Gasteiger partial charge in [0.1, 0.15) is 23.4 Å². The highest BCUT2D eigenvalue weighted by Crippen LogP contribution is 2.42. The van der Waals surface area contributed by atoms with Crippen LogP contribution in [-0.2, 0) is 6.42 Å². The summed E-state index contributed by atoms with van der Waals surface area (Å²) < 4.78 is 16.5. The Hall–Kier alpha value is -2.56. The number of aromatic hydroxyl groups is 2. The lowest BCUT2D eigenvalue weighted by atomic mass is 9.96. The second kappa shape index (κ2) is 5.67. The molecular weight excluding hydrogens is 284 g/mol. The lowest BCUT2D eigenvalue weighted by Gasteiger charge is -2.27. The minimum atomic E-state index is -0.159. The van der Waals surface area contributed by atoms with Crippen molar-refractivity contribution in [2.45, 2.75) is 18.9 Å². The summed E-state index contributed by atoms with van der Waals surface area (Å²) in [6.45, 7) is 0. The number of ether oxygens (including phenoxy) is 3. The van der Waals surface area contributed by atoms with Gasteiger partial charge in [-0.15, -0.1) is 0 Å². The van der Waals surface area contributed by atoms with E-state index < -0.39 is 0 Å². The number of hydrogen-bond donors (Lipinski definition) is 2. The van der Waals surface area contributed by atoms with Gasteiger partial charge in [-0.2, -0.15) is 0 Å². The average molecular weight is 302 g/mol. The molecule has 0 bridgehead atoms. The van der Waals surface area contributed by atoms with Crippen LogP contribution in [0.1, 0.15) is 23.7 Å². The van der Waals surface area contributed by atoms with Crippen LogP contribution in [0.5, 0.6) is 28.7 Å². The second-order valence-corrected chi connectivity index (χ2v) is 5.20. The molecule has 0 saturated heterocycles. The highest BCUT2D eigenvalue weighted by Gasteiger charge is 2.25. The number of phenols is 2. The summed E-state index contributed by atoms with van der Waals surface area (Å²) in [7, 11) is 3.19. The van der Waals surface area contributed by atoms with Crippen LogP contribution in [0.3, 0.4) is 0 Å². The zero-order valence-corrected chi connectivity index (χ0v) is 12.5. The van der Waals surface area contributed by atoms with Crippen molar-refractivity contribution in [1.82, 2.24) is 0 Å². The molecule has 5 heteroatoms. The van der Waals surface area contributed by atoms with Gasteiger partial charge >= 0.3 is 0 Å². The third-order valence-electron chi connectivity index (χ3n) is 3.88. The molecule has 2 aromatic carbocycles. The zero-order chi connectivity index (χ0) is 15.7. The van der Waals surface area contributed by atoms with Gasteiger partial charge in [0.25, 0.3) is 0 Å². The standard InChI is InChI=1S/C17H18O5/c1-20-15-5-3-10(7-17(15)21-2)14-6-4-12-13(19)8-11(18)9-16(12)22-14/h3,5,7-9,14,18-19H,4,6H2,1-2H3/t14-/m0/s1. The van der Waals surface area contributed by atoms with Crippen molar-refractivity contribution < 1.29 is 24.4 Å². The van der Waals surface area contributed by atoms with Gasteiger partial charge in [0.05, 0.1) is 14.2 Å². The van der Waals surface area contributed by atoms with Crippen LogP contribution in [0.2, 0.25) is 0 Å². The van der Waals surface area contributed by atoms with Crippen molar-refractivity contribution in [3.05, 3.63) is 41.5 Å². The minimum absolute atomic E-state index is 0.00999. The Labute approximate surface area is 128 Å². The number of phenolic OH excluding ortho intramolecular Hbond substituents is 2. The Morgan fingerprint density at radius 3 is 2.55 bits per heavy atom. The molecule has 116 valence electrons. The highest BCUT2D eigenvalue weighted by atomic mass is 16.5. The van der Waals surface area contributed by atoms with E-state index in [1.165, 1.54) is 12.1 Å². The van der Waals surface area contributed by atoms with Crippen LogP contribution in [0.25, 0.3) is 0 Å². The molecule has 0 spiro atoms. The maximum atomic E-state index is 9.87. The third-order valence-corrected chi connectivity index (χ3v) is 3.88. The Morgan fingerprint density at radius 2 is 1.82 bits per heavy atom. The Balaban J connectivity index is 1.91. The van der Waals surface area contributed by atoms with E-state index in [2.05, 4.69) is 0 Å². The predicted molar refractivity (Wildman–Crippen MR) is 81.0 cm³/mol. The molecule has 1 aliphatic rings. The lowest BCUT2D eigenvalue weighted by molar-refractivity contribution is 0.173. The van der Waals surface area contributed by atoms with Crippen LogP contribution in [0, 0.1) is 0 Å². The molecule has 0 amide bonds. The van der Waals surface area contributed by atoms with E-state index in [4.69, 9.17) is 14.2 Å². The van der Waals surface area contributed by atoms with Gasteiger partial charge < -0.3 is 24.4 Å². The Bertz CT molecular complexity index is 696. The fourth-order valence-corrected chi connectivity index (χ4v) is 2.75. The first kappa shape index (κ1) is 14.4. The summed E-state index contributed by atoms with van der Waals surface area (Å²) in [6.07, 6.45) is 1.26. The lowest BCUT2D eigenvalue weighted by Crippen LogP contribution is -2.15. The summed E-state index contributed by atoms with van der Waals surface area (Å²) >= 11 is 0. The van der Waals surface area contributed by atoms with E-state index in [9.17, 15) is 10.2 Å². The van der Waals surface area contributed by atoms with E-state index >= 15 is 0 Å². The Morgan fingerprint density at radius 1 is 1.05 bits per heavy atom. The molecule has 1 aliphatic heterocycles. The molecule has 2 N–H and O–H groups in total. The fraction of sp³-hybridized carbons (Fsp3) is 0.294. The fourth-order valence-electron chi connectivity index (χ4n) is 2.75. The van der Waals surface area contributed by atoms with Gasteiger partial charge in [-0.05, 0) is 30.5 Å².